The van der Waals surface area contributed by atoms with Crippen LogP contribution in [0.15, 0.2) is 12.2 Å². The molecule has 0 heterocycles. The van der Waals surface area contributed by atoms with E-state index in [0.29, 0.717) is 13.0 Å². The second-order valence-electron chi connectivity index (χ2n) is 4.25. The maximum absolute atomic E-state index is 11.0. The van der Waals surface area contributed by atoms with Gasteiger partial charge in [-0.15, -0.1) is 0 Å². The van der Waals surface area contributed by atoms with Crippen LogP contribution in [0.4, 0.5) is 0 Å². The number of ether oxygens (including phenoxy) is 1. The molecule has 17 heavy (non-hydrogen) atoms. The van der Waals surface area contributed by atoms with Crippen molar-refractivity contribution < 1.29 is 14.6 Å². The molecule has 1 atom stereocenters. The van der Waals surface area contributed by atoms with Crippen LogP contribution < -0.4 is 0 Å². The summed E-state index contributed by atoms with van der Waals surface area (Å²) in [5, 5.41) is 9.65. The van der Waals surface area contributed by atoms with Crippen molar-refractivity contribution in [1.29, 1.82) is 0 Å². The number of aliphatic hydroxyl groups is 1. The summed E-state index contributed by atoms with van der Waals surface area (Å²) in [6.45, 7) is 4.36. The fourth-order valence-electron chi connectivity index (χ4n) is 1.61. The number of carbonyl (C=O) groups excluding carboxylic acids is 1. The molecule has 0 fully saturated rings. The third-order valence-corrected chi connectivity index (χ3v) is 2.59. The van der Waals surface area contributed by atoms with Crippen molar-refractivity contribution in [3.63, 3.8) is 0 Å². The van der Waals surface area contributed by atoms with Gasteiger partial charge >= 0.3 is 5.97 Å². The fourth-order valence-corrected chi connectivity index (χ4v) is 1.61. The molecular weight excluding hydrogens is 216 g/mol. The summed E-state index contributed by atoms with van der Waals surface area (Å²) in [5.74, 6) is -0.331. The van der Waals surface area contributed by atoms with Crippen LogP contribution in [0.3, 0.4) is 0 Å². The van der Waals surface area contributed by atoms with E-state index < -0.39 is 0 Å². The van der Waals surface area contributed by atoms with Crippen LogP contribution in [0.2, 0.25) is 0 Å². The predicted molar refractivity (Wildman–Crippen MR) is 69.8 cm³/mol. The van der Waals surface area contributed by atoms with E-state index in [0.717, 1.165) is 12.8 Å². The Labute approximate surface area is 105 Å². The van der Waals surface area contributed by atoms with E-state index in [2.05, 4.69) is 6.92 Å². The molecule has 100 valence electrons. The van der Waals surface area contributed by atoms with E-state index in [9.17, 15) is 9.90 Å². The Balaban J connectivity index is 3.45. The second kappa shape index (κ2) is 11.6. The molecule has 3 nitrogen and oxygen atoms in total. The lowest BCUT2D eigenvalue weighted by atomic mass is 10.1. The van der Waals surface area contributed by atoms with E-state index >= 15 is 0 Å². The number of rotatable bonds is 10. The van der Waals surface area contributed by atoms with Gasteiger partial charge < -0.3 is 9.84 Å². The van der Waals surface area contributed by atoms with Crippen molar-refractivity contribution in [3.05, 3.63) is 12.2 Å². The van der Waals surface area contributed by atoms with Gasteiger partial charge in [-0.3, -0.25) is 0 Å². The Bertz CT molecular complexity index is 212. The van der Waals surface area contributed by atoms with Crippen molar-refractivity contribution in [3.8, 4) is 0 Å². The average molecular weight is 242 g/mol. The predicted octanol–water partition coefficient (Wildman–Crippen LogP) is 3.22. The number of esters is 1. The molecule has 0 unspecified atom stereocenters. The number of hydrogen-bond acceptors (Lipinski definition) is 3. The zero-order chi connectivity index (χ0) is 12.9. The lowest BCUT2D eigenvalue weighted by molar-refractivity contribution is -0.137. The second-order valence-corrected chi connectivity index (χ2v) is 4.25. The molecule has 0 aromatic rings. The Morgan fingerprint density at radius 2 is 1.94 bits per heavy atom. The van der Waals surface area contributed by atoms with E-state index in [1.54, 1.807) is 13.0 Å². The van der Waals surface area contributed by atoms with Gasteiger partial charge in [0.1, 0.15) is 0 Å². The molecule has 1 N–H and O–H groups in total. The minimum atomic E-state index is -0.331. The monoisotopic (exact) mass is 242 g/mol. The summed E-state index contributed by atoms with van der Waals surface area (Å²) in [5.41, 5.74) is 0. The van der Waals surface area contributed by atoms with Gasteiger partial charge in [0.05, 0.1) is 12.7 Å². The number of unbranched alkanes of at least 4 members (excludes halogenated alkanes) is 4. The highest BCUT2D eigenvalue weighted by atomic mass is 16.5. The highest BCUT2D eigenvalue weighted by Gasteiger charge is 2.02. The van der Waals surface area contributed by atoms with Crippen molar-refractivity contribution in [2.75, 3.05) is 6.61 Å². The lowest BCUT2D eigenvalue weighted by Crippen LogP contribution is -2.05. The van der Waals surface area contributed by atoms with Crippen molar-refractivity contribution in [1.82, 2.24) is 0 Å². The Morgan fingerprint density at radius 1 is 1.24 bits per heavy atom. The summed E-state index contributed by atoms with van der Waals surface area (Å²) in [6, 6.07) is 0. The number of hydrogen-bond donors (Lipinski definition) is 1. The van der Waals surface area contributed by atoms with Crippen molar-refractivity contribution >= 4 is 5.97 Å². The number of carbonyl (C=O) groups is 1. The molecule has 0 amide bonds. The van der Waals surface area contributed by atoms with E-state index in [1.807, 2.05) is 0 Å². The largest absolute Gasteiger partial charge is 0.463 e. The lowest BCUT2D eigenvalue weighted by Gasteiger charge is -2.07. The third kappa shape index (κ3) is 11.4. The molecule has 0 aromatic carbocycles. The normalized spacial score (nSPS) is 12.9. The van der Waals surface area contributed by atoms with Crippen LogP contribution in [0, 0.1) is 0 Å². The molecule has 0 aliphatic rings. The van der Waals surface area contributed by atoms with Crippen LogP contribution in [0.1, 0.15) is 58.8 Å². The van der Waals surface area contributed by atoms with Crippen molar-refractivity contribution in [2.24, 2.45) is 0 Å². The first-order valence-corrected chi connectivity index (χ1v) is 6.72. The first kappa shape index (κ1) is 16.2. The van der Waals surface area contributed by atoms with Gasteiger partial charge in [0, 0.05) is 6.08 Å². The highest BCUT2D eigenvalue weighted by Crippen LogP contribution is 2.09. The zero-order valence-corrected chi connectivity index (χ0v) is 11.2. The first-order chi connectivity index (χ1) is 8.20. The Hall–Kier alpha value is -0.830. The molecule has 3 heteroatoms. The molecule has 0 radical (unpaired) electrons. The Morgan fingerprint density at radius 3 is 2.59 bits per heavy atom. The van der Waals surface area contributed by atoms with Gasteiger partial charge in [0.2, 0.25) is 0 Å². The van der Waals surface area contributed by atoms with Crippen LogP contribution in [-0.4, -0.2) is 23.8 Å². The summed E-state index contributed by atoms with van der Waals surface area (Å²) >= 11 is 0. The summed E-state index contributed by atoms with van der Waals surface area (Å²) in [7, 11) is 0. The van der Waals surface area contributed by atoms with E-state index in [-0.39, 0.29) is 12.1 Å². The summed E-state index contributed by atoms with van der Waals surface area (Å²) in [4.78, 5) is 11.0. The van der Waals surface area contributed by atoms with Crippen LogP contribution in [0.5, 0.6) is 0 Å². The smallest absolute Gasteiger partial charge is 0.330 e. The molecule has 0 aliphatic heterocycles. The molecule has 0 bridgehead atoms. The van der Waals surface area contributed by atoms with Gasteiger partial charge in [-0.05, 0) is 19.8 Å². The van der Waals surface area contributed by atoms with Crippen LogP contribution >= 0.6 is 0 Å². The zero-order valence-electron chi connectivity index (χ0n) is 11.2. The highest BCUT2D eigenvalue weighted by molar-refractivity contribution is 5.81. The van der Waals surface area contributed by atoms with Gasteiger partial charge in [0.15, 0.2) is 0 Å². The maximum Gasteiger partial charge on any atom is 0.330 e. The minimum Gasteiger partial charge on any atom is -0.463 e. The van der Waals surface area contributed by atoms with Gasteiger partial charge in [0.25, 0.3) is 0 Å². The van der Waals surface area contributed by atoms with E-state index in [4.69, 9.17) is 4.74 Å². The fraction of sp³-hybridized carbons (Fsp3) is 0.786. The molecular formula is C14H26O3. The topological polar surface area (TPSA) is 46.5 Å². The molecule has 0 saturated carbocycles. The van der Waals surface area contributed by atoms with Gasteiger partial charge in [-0.1, -0.05) is 45.1 Å². The molecule has 0 saturated heterocycles. The molecule has 0 rings (SSSR count). The third-order valence-electron chi connectivity index (χ3n) is 2.59. The standard InChI is InChI=1S/C14H26O3/c1-3-5-6-7-8-10-13(15)11-9-12-14(16)17-4-2/h9,12-13,15H,3-8,10-11H2,1-2H3/b12-9+/t13-/m0/s1. The molecule has 0 spiro atoms. The SMILES string of the molecule is CCCCCCC[C@H](O)C/C=C/C(=O)OCC. The van der Waals surface area contributed by atoms with Gasteiger partial charge in [-0.2, -0.15) is 0 Å². The van der Waals surface area contributed by atoms with Crippen LogP contribution in [0.25, 0.3) is 0 Å². The number of aliphatic hydroxyl groups excluding tert-OH is 1. The summed E-state index contributed by atoms with van der Waals surface area (Å²) < 4.78 is 4.74. The van der Waals surface area contributed by atoms with E-state index in [1.165, 1.54) is 31.8 Å². The average Bonchev–Trinajstić information content (AvgIpc) is 2.29. The maximum atomic E-state index is 11.0. The minimum absolute atomic E-state index is 0.331. The van der Waals surface area contributed by atoms with Crippen molar-refractivity contribution in [2.45, 2.75) is 64.9 Å². The van der Waals surface area contributed by atoms with Crippen LogP contribution in [-0.2, 0) is 9.53 Å². The summed E-state index contributed by atoms with van der Waals surface area (Å²) in [6.07, 6.45) is 10.1. The first-order valence-electron chi connectivity index (χ1n) is 6.72. The Kier molecular flexibility index (Phi) is 11.1. The molecule has 0 aliphatic carbocycles. The van der Waals surface area contributed by atoms with Gasteiger partial charge in [-0.25, -0.2) is 4.79 Å². The quantitative estimate of drug-likeness (QED) is 0.363. The molecule has 0 aromatic heterocycles.